The molecule has 2 aliphatic rings. The molecule has 0 radical (unpaired) electrons. The number of aryl methyl sites for hydroxylation is 3. The van der Waals surface area contributed by atoms with E-state index in [1.54, 1.807) is 12.4 Å². The first-order valence-corrected chi connectivity index (χ1v) is 12.8. The van der Waals surface area contributed by atoms with E-state index in [0.717, 1.165) is 66.8 Å². The molecule has 3 aromatic rings. The minimum Gasteiger partial charge on any atom is -0.342 e. The fraction of sp³-hybridized carbons (Fsp3) is 0.519. The highest BCUT2D eigenvalue weighted by Crippen LogP contribution is 2.31. The van der Waals surface area contributed by atoms with Crippen LogP contribution in [0, 0.1) is 19.8 Å². The van der Waals surface area contributed by atoms with Crippen LogP contribution in [0.3, 0.4) is 0 Å². The van der Waals surface area contributed by atoms with E-state index in [4.69, 9.17) is 0 Å². The summed E-state index contributed by atoms with van der Waals surface area (Å²) in [6.45, 7) is 6.09. The molecule has 2 fully saturated rings. The van der Waals surface area contributed by atoms with Crippen molar-refractivity contribution in [3.8, 4) is 0 Å². The molecule has 184 valence electrons. The zero-order chi connectivity index (χ0) is 24.4. The molecule has 8 nitrogen and oxygen atoms in total. The van der Waals surface area contributed by atoms with Crippen LogP contribution in [-0.2, 0) is 11.2 Å². The normalized spacial score (nSPS) is 19.3. The third kappa shape index (κ3) is 5.21. The Morgan fingerprint density at radius 2 is 1.86 bits per heavy atom. The summed E-state index contributed by atoms with van der Waals surface area (Å²) in [4.78, 5) is 46.4. The zero-order valence-electron chi connectivity index (χ0n) is 20.7. The summed E-state index contributed by atoms with van der Waals surface area (Å²) in [6.07, 6.45) is 9.63. The van der Waals surface area contributed by atoms with Gasteiger partial charge in [-0.2, -0.15) is 0 Å². The van der Waals surface area contributed by atoms with Gasteiger partial charge in [-0.25, -0.2) is 9.97 Å². The maximum Gasteiger partial charge on any atom is 0.274 e. The number of carbonyl (C=O) groups is 2. The van der Waals surface area contributed by atoms with Crippen molar-refractivity contribution in [2.75, 3.05) is 19.6 Å². The van der Waals surface area contributed by atoms with Crippen molar-refractivity contribution in [3.05, 3.63) is 53.4 Å². The molecule has 1 aromatic carbocycles. The number of H-pyrrole nitrogens is 1. The van der Waals surface area contributed by atoms with E-state index in [0.29, 0.717) is 31.1 Å². The highest BCUT2D eigenvalue weighted by molar-refractivity contribution is 5.92. The molecule has 0 bridgehead atoms. The summed E-state index contributed by atoms with van der Waals surface area (Å²) in [6, 6.07) is 6.50. The summed E-state index contributed by atoms with van der Waals surface area (Å²) in [5, 5.41) is 0. The van der Waals surface area contributed by atoms with Gasteiger partial charge in [-0.1, -0.05) is 6.07 Å². The average molecular weight is 475 g/mol. The van der Waals surface area contributed by atoms with Crippen LogP contribution in [0.25, 0.3) is 11.0 Å². The molecule has 1 unspecified atom stereocenters. The number of nitrogens with one attached hydrogen (secondary N) is 1. The molecule has 2 amide bonds. The number of aromatic amines is 1. The van der Waals surface area contributed by atoms with E-state index in [-0.39, 0.29) is 17.9 Å². The average Bonchev–Trinajstić information content (AvgIpc) is 3.26. The second-order valence-electron chi connectivity index (χ2n) is 10.00. The Balaban J connectivity index is 1.18. The fourth-order valence-electron chi connectivity index (χ4n) is 5.64. The first-order valence-electron chi connectivity index (χ1n) is 12.8. The topological polar surface area (TPSA) is 95.1 Å². The molecule has 5 rings (SSSR count). The van der Waals surface area contributed by atoms with Crippen LogP contribution in [0.15, 0.2) is 30.6 Å². The Labute approximate surface area is 206 Å². The Morgan fingerprint density at radius 3 is 2.63 bits per heavy atom. The third-order valence-electron chi connectivity index (χ3n) is 7.53. The number of piperidine rings is 2. The Hall–Kier alpha value is -3.29. The molecule has 0 saturated carbocycles. The smallest absolute Gasteiger partial charge is 0.274 e. The maximum atomic E-state index is 13.3. The van der Waals surface area contributed by atoms with Crippen LogP contribution in [0.1, 0.15) is 66.1 Å². The second kappa shape index (κ2) is 10.1. The molecule has 4 heterocycles. The number of likely N-dealkylation sites (tertiary alicyclic amines) is 2. The molecule has 8 heteroatoms. The van der Waals surface area contributed by atoms with Crippen LogP contribution in [-0.4, -0.2) is 67.2 Å². The monoisotopic (exact) mass is 474 g/mol. The van der Waals surface area contributed by atoms with Gasteiger partial charge in [0.2, 0.25) is 5.91 Å². The zero-order valence-corrected chi connectivity index (χ0v) is 20.7. The summed E-state index contributed by atoms with van der Waals surface area (Å²) in [5.41, 5.74) is 4.37. The number of imidazole rings is 1. The third-order valence-corrected chi connectivity index (χ3v) is 7.53. The summed E-state index contributed by atoms with van der Waals surface area (Å²) in [7, 11) is 0. The number of carbonyl (C=O) groups excluding carboxylic acids is 2. The predicted octanol–water partition coefficient (Wildman–Crippen LogP) is 3.84. The molecular weight excluding hydrogens is 440 g/mol. The lowest BCUT2D eigenvalue weighted by molar-refractivity contribution is -0.136. The van der Waals surface area contributed by atoms with Gasteiger partial charge in [0, 0.05) is 38.3 Å². The number of rotatable bonds is 5. The van der Waals surface area contributed by atoms with Gasteiger partial charge >= 0.3 is 0 Å². The van der Waals surface area contributed by atoms with Crippen molar-refractivity contribution in [1.29, 1.82) is 0 Å². The number of benzene rings is 1. The van der Waals surface area contributed by atoms with Crippen LogP contribution < -0.4 is 0 Å². The van der Waals surface area contributed by atoms with Crippen molar-refractivity contribution in [2.45, 2.75) is 64.8 Å². The Morgan fingerprint density at radius 1 is 1.03 bits per heavy atom. The van der Waals surface area contributed by atoms with Gasteiger partial charge in [0.25, 0.3) is 5.91 Å². The van der Waals surface area contributed by atoms with E-state index in [2.05, 4.69) is 37.0 Å². The summed E-state index contributed by atoms with van der Waals surface area (Å²) < 4.78 is 0. The SMILES string of the molecule is Cc1cnc(C(=O)N2CCC(C3CCCCN3C(=O)CCc3ccc4nc(C)[nH]c4c3)CC2)cn1. The van der Waals surface area contributed by atoms with Crippen LogP contribution in [0.5, 0.6) is 0 Å². The van der Waals surface area contributed by atoms with Crippen LogP contribution >= 0.6 is 0 Å². The fourth-order valence-corrected chi connectivity index (χ4v) is 5.64. The lowest BCUT2D eigenvalue weighted by Crippen LogP contribution is -2.51. The number of amides is 2. The van der Waals surface area contributed by atoms with Crippen molar-refractivity contribution in [1.82, 2.24) is 29.7 Å². The van der Waals surface area contributed by atoms with E-state index >= 15 is 0 Å². The van der Waals surface area contributed by atoms with Gasteiger partial charge in [0.15, 0.2) is 0 Å². The number of hydrogen-bond acceptors (Lipinski definition) is 5. The van der Waals surface area contributed by atoms with Gasteiger partial charge < -0.3 is 14.8 Å². The molecule has 1 N–H and O–H groups in total. The van der Waals surface area contributed by atoms with Crippen molar-refractivity contribution in [2.24, 2.45) is 5.92 Å². The Bertz CT molecular complexity index is 1200. The minimum atomic E-state index is -0.0445. The molecule has 35 heavy (non-hydrogen) atoms. The number of nitrogens with zero attached hydrogens (tertiary/aromatic N) is 5. The van der Waals surface area contributed by atoms with Crippen LogP contribution in [0.4, 0.5) is 0 Å². The molecule has 2 aliphatic heterocycles. The molecule has 1 atom stereocenters. The van der Waals surface area contributed by atoms with E-state index in [9.17, 15) is 9.59 Å². The first kappa shape index (κ1) is 23.5. The number of fused-ring (bicyclic) bond motifs is 1. The number of hydrogen-bond donors (Lipinski definition) is 1. The van der Waals surface area contributed by atoms with E-state index in [1.807, 2.05) is 24.8 Å². The van der Waals surface area contributed by atoms with Gasteiger partial charge in [-0.05, 0) is 76.0 Å². The summed E-state index contributed by atoms with van der Waals surface area (Å²) >= 11 is 0. The van der Waals surface area contributed by atoms with Gasteiger partial charge in [-0.15, -0.1) is 0 Å². The molecule has 0 spiro atoms. The van der Waals surface area contributed by atoms with E-state index in [1.165, 1.54) is 6.42 Å². The van der Waals surface area contributed by atoms with Crippen molar-refractivity contribution in [3.63, 3.8) is 0 Å². The van der Waals surface area contributed by atoms with Crippen molar-refractivity contribution >= 4 is 22.8 Å². The molecular formula is C27H34N6O2. The summed E-state index contributed by atoms with van der Waals surface area (Å²) in [5.74, 6) is 1.56. The predicted molar refractivity (Wildman–Crippen MR) is 134 cm³/mol. The lowest BCUT2D eigenvalue weighted by atomic mass is 9.83. The van der Waals surface area contributed by atoms with Gasteiger partial charge in [0.05, 0.1) is 22.9 Å². The molecule has 0 aliphatic carbocycles. The standard InChI is InChI=1S/C27H34N6O2/c1-18-16-29-24(17-28-18)27(35)32-13-10-21(11-14-32)25-5-3-4-12-33(25)26(34)9-7-20-6-8-22-23(15-20)31-19(2)30-22/h6,8,15-17,21,25H,3-5,7,9-14H2,1-2H3,(H,30,31). The Kier molecular flexibility index (Phi) is 6.79. The van der Waals surface area contributed by atoms with Crippen LogP contribution in [0.2, 0.25) is 0 Å². The highest BCUT2D eigenvalue weighted by Gasteiger charge is 2.35. The quantitative estimate of drug-likeness (QED) is 0.606. The lowest BCUT2D eigenvalue weighted by Gasteiger charge is -2.43. The van der Waals surface area contributed by atoms with Gasteiger partial charge in [0.1, 0.15) is 11.5 Å². The molecule has 2 saturated heterocycles. The largest absolute Gasteiger partial charge is 0.342 e. The van der Waals surface area contributed by atoms with Gasteiger partial charge in [-0.3, -0.25) is 14.6 Å². The van der Waals surface area contributed by atoms with Crippen molar-refractivity contribution < 1.29 is 9.59 Å². The molecule has 2 aromatic heterocycles. The second-order valence-corrected chi connectivity index (χ2v) is 10.00. The first-order chi connectivity index (χ1) is 17.0. The highest BCUT2D eigenvalue weighted by atomic mass is 16.2. The number of aromatic nitrogens is 4. The van der Waals surface area contributed by atoms with E-state index < -0.39 is 0 Å². The maximum absolute atomic E-state index is 13.3. The minimum absolute atomic E-state index is 0.0445.